The second kappa shape index (κ2) is 5.65. The quantitative estimate of drug-likeness (QED) is 0.895. The second-order valence-electron chi connectivity index (χ2n) is 5.78. The molecule has 0 aromatic heterocycles. The fourth-order valence-corrected chi connectivity index (χ4v) is 2.62. The highest BCUT2D eigenvalue weighted by Crippen LogP contribution is 2.19. The van der Waals surface area contributed by atoms with Crippen LogP contribution in [0, 0.1) is 19.8 Å². The van der Waals surface area contributed by atoms with Gasteiger partial charge < -0.3 is 10.2 Å². The maximum absolute atomic E-state index is 12.7. The van der Waals surface area contributed by atoms with Gasteiger partial charge in [0.2, 0.25) is 5.91 Å². The largest absolute Gasteiger partial charge is 0.353 e. The molecule has 4 nitrogen and oxygen atoms in total. The summed E-state index contributed by atoms with van der Waals surface area (Å²) in [6.45, 7) is 9.05. The van der Waals surface area contributed by atoms with E-state index in [9.17, 15) is 9.59 Å². The van der Waals surface area contributed by atoms with Crippen LogP contribution in [0.1, 0.15) is 35.3 Å². The van der Waals surface area contributed by atoms with Crippen LogP contribution in [0.5, 0.6) is 0 Å². The van der Waals surface area contributed by atoms with Crippen molar-refractivity contribution in [1.29, 1.82) is 0 Å². The lowest BCUT2D eigenvalue weighted by molar-refractivity contribution is -0.129. The first-order chi connectivity index (χ1) is 9.41. The number of aryl methyl sites for hydroxylation is 2. The Bertz CT molecular complexity index is 537. The van der Waals surface area contributed by atoms with Gasteiger partial charge in [-0.1, -0.05) is 19.9 Å². The van der Waals surface area contributed by atoms with Crippen molar-refractivity contribution in [3.63, 3.8) is 0 Å². The lowest BCUT2D eigenvalue weighted by Gasteiger charge is -2.37. The summed E-state index contributed by atoms with van der Waals surface area (Å²) >= 11 is 0. The van der Waals surface area contributed by atoms with E-state index in [1.54, 1.807) is 4.90 Å². The average molecular weight is 274 g/mol. The molecule has 1 N–H and O–H groups in total. The summed E-state index contributed by atoms with van der Waals surface area (Å²) in [5, 5.41) is 2.84. The number of nitrogens with zero attached hydrogens (tertiary/aromatic N) is 1. The maximum atomic E-state index is 12.7. The van der Waals surface area contributed by atoms with E-state index >= 15 is 0 Å². The standard InChI is InChI=1S/C16H22N2O2/c1-10(2)14-15(19)17-7-8-18(14)16(20)13-6-5-11(3)12(4)9-13/h5-6,9-10,14H,7-8H2,1-4H3,(H,17,19). The molecule has 0 radical (unpaired) electrons. The Kier molecular flexibility index (Phi) is 4.12. The topological polar surface area (TPSA) is 49.4 Å². The Balaban J connectivity index is 2.30. The first-order valence-corrected chi connectivity index (χ1v) is 7.07. The van der Waals surface area contributed by atoms with Crippen LogP contribution in [0.4, 0.5) is 0 Å². The molecule has 1 atom stereocenters. The summed E-state index contributed by atoms with van der Waals surface area (Å²) in [5.74, 6) is -0.00382. The van der Waals surface area contributed by atoms with Crippen LogP contribution in [0.25, 0.3) is 0 Å². The van der Waals surface area contributed by atoms with Crippen molar-refractivity contribution in [2.75, 3.05) is 13.1 Å². The number of rotatable bonds is 2. The molecule has 0 aliphatic carbocycles. The van der Waals surface area contributed by atoms with Gasteiger partial charge in [0.1, 0.15) is 6.04 Å². The summed E-state index contributed by atoms with van der Waals surface area (Å²) in [6.07, 6.45) is 0. The predicted octanol–water partition coefficient (Wildman–Crippen LogP) is 1.90. The molecular formula is C16H22N2O2. The lowest BCUT2D eigenvalue weighted by Crippen LogP contribution is -2.59. The van der Waals surface area contributed by atoms with Gasteiger partial charge in [0.25, 0.3) is 5.91 Å². The van der Waals surface area contributed by atoms with Crippen LogP contribution in [0.2, 0.25) is 0 Å². The van der Waals surface area contributed by atoms with Gasteiger partial charge in [-0.2, -0.15) is 0 Å². The smallest absolute Gasteiger partial charge is 0.254 e. The molecule has 1 aliphatic rings. The van der Waals surface area contributed by atoms with Crippen molar-refractivity contribution in [2.24, 2.45) is 5.92 Å². The van der Waals surface area contributed by atoms with E-state index in [4.69, 9.17) is 0 Å². The van der Waals surface area contributed by atoms with Gasteiger partial charge in [-0.25, -0.2) is 0 Å². The number of hydrogen-bond donors (Lipinski definition) is 1. The number of carbonyl (C=O) groups excluding carboxylic acids is 2. The summed E-state index contributed by atoms with van der Waals surface area (Å²) in [7, 11) is 0. The van der Waals surface area contributed by atoms with Crippen LogP contribution in [0.3, 0.4) is 0 Å². The minimum atomic E-state index is -0.377. The van der Waals surface area contributed by atoms with E-state index in [0.29, 0.717) is 18.7 Å². The van der Waals surface area contributed by atoms with Gasteiger partial charge in [-0.15, -0.1) is 0 Å². The fourth-order valence-electron chi connectivity index (χ4n) is 2.62. The SMILES string of the molecule is Cc1ccc(C(=O)N2CCNC(=O)C2C(C)C)cc1C. The van der Waals surface area contributed by atoms with E-state index in [-0.39, 0.29) is 23.8 Å². The number of piperazine rings is 1. The van der Waals surface area contributed by atoms with E-state index in [0.717, 1.165) is 5.56 Å². The molecule has 1 aromatic carbocycles. The fraction of sp³-hybridized carbons (Fsp3) is 0.500. The van der Waals surface area contributed by atoms with Crippen molar-refractivity contribution in [3.8, 4) is 0 Å². The van der Waals surface area contributed by atoms with Crippen molar-refractivity contribution in [2.45, 2.75) is 33.7 Å². The number of nitrogens with one attached hydrogen (secondary N) is 1. The zero-order valence-corrected chi connectivity index (χ0v) is 12.6. The molecule has 4 heteroatoms. The zero-order chi connectivity index (χ0) is 14.9. The molecule has 0 spiro atoms. The van der Waals surface area contributed by atoms with Crippen LogP contribution >= 0.6 is 0 Å². The highest BCUT2D eigenvalue weighted by Gasteiger charge is 2.35. The number of hydrogen-bond acceptors (Lipinski definition) is 2. The summed E-state index contributed by atoms with van der Waals surface area (Å²) < 4.78 is 0. The Labute approximate surface area is 120 Å². The Morgan fingerprint density at radius 2 is 2.00 bits per heavy atom. The van der Waals surface area contributed by atoms with E-state index in [1.807, 2.05) is 45.9 Å². The molecule has 108 valence electrons. The Hall–Kier alpha value is -1.84. The minimum Gasteiger partial charge on any atom is -0.353 e. The van der Waals surface area contributed by atoms with Gasteiger partial charge in [-0.05, 0) is 43.0 Å². The molecule has 2 amide bonds. The summed E-state index contributed by atoms with van der Waals surface area (Å²) in [6, 6.07) is 5.32. The van der Waals surface area contributed by atoms with Gasteiger partial charge in [0, 0.05) is 18.7 Å². The molecule has 2 rings (SSSR count). The third kappa shape index (κ3) is 2.69. The van der Waals surface area contributed by atoms with E-state index < -0.39 is 0 Å². The number of carbonyl (C=O) groups is 2. The van der Waals surface area contributed by atoms with E-state index in [2.05, 4.69) is 5.32 Å². The van der Waals surface area contributed by atoms with Crippen molar-refractivity contribution in [3.05, 3.63) is 34.9 Å². The van der Waals surface area contributed by atoms with Crippen LogP contribution < -0.4 is 5.32 Å². The zero-order valence-electron chi connectivity index (χ0n) is 12.6. The molecular weight excluding hydrogens is 252 g/mol. The molecule has 1 aliphatic heterocycles. The molecule has 1 aromatic rings. The normalized spacial score (nSPS) is 19.1. The highest BCUT2D eigenvalue weighted by atomic mass is 16.2. The second-order valence-corrected chi connectivity index (χ2v) is 5.78. The minimum absolute atomic E-state index is 0.0524. The van der Waals surface area contributed by atoms with Gasteiger partial charge >= 0.3 is 0 Å². The third-order valence-corrected chi connectivity index (χ3v) is 3.90. The molecule has 1 fully saturated rings. The maximum Gasteiger partial charge on any atom is 0.254 e. The lowest BCUT2D eigenvalue weighted by atomic mass is 9.98. The molecule has 0 saturated carbocycles. The first-order valence-electron chi connectivity index (χ1n) is 7.07. The Morgan fingerprint density at radius 3 is 2.60 bits per heavy atom. The molecule has 1 heterocycles. The van der Waals surface area contributed by atoms with Crippen molar-refractivity contribution >= 4 is 11.8 Å². The van der Waals surface area contributed by atoms with Crippen LogP contribution in [-0.4, -0.2) is 35.8 Å². The van der Waals surface area contributed by atoms with Crippen LogP contribution in [0.15, 0.2) is 18.2 Å². The molecule has 1 unspecified atom stereocenters. The Morgan fingerprint density at radius 1 is 1.30 bits per heavy atom. The van der Waals surface area contributed by atoms with Crippen molar-refractivity contribution in [1.82, 2.24) is 10.2 Å². The highest BCUT2D eigenvalue weighted by molar-refractivity contribution is 5.98. The summed E-state index contributed by atoms with van der Waals surface area (Å²) in [5.41, 5.74) is 2.92. The average Bonchev–Trinajstić information content (AvgIpc) is 2.40. The van der Waals surface area contributed by atoms with E-state index in [1.165, 1.54) is 5.56 Å². The van der Waals surface area contributed by atoms with Gasteiger partial charge in [0.05, 0.1) is 0 Å². The predicted molar refractivity (Wildman–Crippen MR) is 78.6 cm³/mol. The third-order valence-electron chi connectivity index (χ3n) is 3.90. The van der Waals surface area contributed by atoms with Crippen LogP contribution in [-0.2, 0) is 4.79 Å². The summed E-state index contributed by atoms with van der Waals surface area (Å²) in [4.78, 5) is 26.4. The molecule has 20 heavy (non-hydrogen) atoms. The number of benzene rings is 1. The number of amides is 2. The monoisotopic (exact) mass is 274 g/mol. The van der Waals surface area contributed by atoms with Crippen molar-refractivity contribution < 1.29 is 9.59 Å². The first kappa shape index (κ1) is 14.6. The molecule has 1 saturated heterocycles. The van der Waals surface area contributed by atoms with Gasteiger partial charge in [-0.3, -0.25) is 9.59 Å². The van der Waals surface area contributed by atoms with Gasteiger partial charge in [0.15, 0.2) is 0 Å². The molecule has 0 bridgehead atoms.